The summed E-state index contributed by atoms with van der Waals surface area (Å²) in [6.07, 6.45) is 7.59. The number of nitrogens with zero attached hydrogens (tertiary/aromatic N) is 1. The molecule has 3 nitrogen and oxygen atoms in total. The topological polar surface area (TPSA) is 24.5 Å². The monoisotopic (exact) mass is 284 g/mol. The van der Waals surface area contributed by atoms with E-state index in [-0.39, 0.29) is 5.54 Å². The van der Waals surface area contributed by atoms with Crippen LogP contribution >= 0.6 is 0 Å². The van der Waals surface area contributed by atoms with Crippen molar-refractivity contribution in [1.82, 2.24) is 10.2 Å². The molecule has 3 unspecified atom stereocenters. The zero-order valence-electron chi connectivity index (χ0n) is 14.4. The first-order chi connectivity index (χ1) is 9.56. The van der Waals surface area contributed by atoms with Crippen LogP contribution in [0.3, 0.4) is 0 Å². The smallest absolute Gasteiger partial charge is 0.0637 e. The van der Waals surface area contributed by atoms with Gasteiger partial charge in [-0.15, -0.1) is 0 Å². The quantitative estimate of drug-likeness (QED) is 0.658. The molecule has 0 heterocycles. The highest BCUT2D eigenvalue weighted by molar-refractivity contribution is 5.02. The van der Waals surface area contributed by atoms with Crippen LogP contribution in [-0.4, -0.2) is 50.3 Å². The van der Waals surface area contributed by atoms with E-state index in [0.29, 0.717) is 6.04 Å². The van der Waals surface area contributed by atoms with Crippen LogP contribution in [0.25, 0.3) is 0 Å². The van der Waals surface area contributed by atoms with Gasteiger partial charge in [0, 0.05) is 18.2 Å². The van der Waals surface area contributed by atoms with Gasteiger partial charge < -0.3 is 15.0 Å². The minimum Gasteiger partial charge on any atom is -0.380 e. The summed E-state index contributed by atoms with van der Waals surface area (Å²) in [5.41, 5.74) is 0.264. The molecule has 1 saturated carbocycles. The lowest BCUT2D eigenvalue weighted by molar-refractivity contribution is -0.00410. The number of likely N-dealkylation sites (N-methyl/N-ethyl adjacent to an activating group) is 1. The summed E-state index contributed by atoms with van der Waals surface area (Å²) in [5.74, 6) is 0.822. The van der Waals surface area contributed by atoms with Gasteiger partial charge in [-0.25, -0.2) is 0 Å². The molecule has 1 fully saturated rings. The van der Waals surface area contributed by atoms with E-state index in [9.17, 15) is 0 Å². The third-order valence-electron chi connectivity index (χ3n) is 4.82. The van der Waals surface area contributed by atoms with Gasteiger partial charge in [-0.3, -0.25) is 0 Å². The minimum atomic E-state index is 0.264. The Morgan fingerprint density at radius 1 is 1.30 bits per heavy atom. The van der Waals surface area contributed by atoms with E-state index in [4.69, 9.17) is 4.74 Å². The van der Waals surface area contributed by atoms with Gasteiger partial charge in [0.05, 0.1) is 6.61 Å². The molecule has 0 aromatic heterocycles. The Labute approximate surface area is 126 Å². The minimum absolute atomic E-state index is 0.264. The second kappa shape index (κ2) is 9.01. The van der Waals surface area contributed by atoms with Gasteiger partial charge in [-0.1, -0.05) is 33.6 Å². The first-order valence-corrected chi connectivity index (χ1v) is 8.55. The molecule has 0 amide bonds. The number of ether oxygens (including phenoxy) is 1. The number of rotatable bonds is 9. The summed E-state index contributed by atoms with van der Waals surface area (Å²) in [5, 5.41) is 3.77. The Hall–Kier alpha value is -0.120. The van der Waals surface area contributed by atoms with Crippen LogP contribution in [0.2, 0.25) is 0 Å². The van der Waals surface area contributed by atoms with Gasteiger partial charge in [0.1, 0.15) is 0 Å². The highest BCUT2D eigenvalue weighted by Crippen LogP contribution is 2.38. The summed E-state index contributed by atoms with van der Waals surface area (Å²) in [6.45, 7) is 9.63. The fourth-order valence-corrected chi connectivity index (χ4v) is 3.67. The average Bonchev–Trinajstić information content (AvgIpc) is 2.42. The Balaban J connectivity index is 2.79. The highest BCUT2D eigenvalue weighted by Gasteiger charge is 2.43. The van der Waals surface area contributed by atoms with E-state index in [1.807, 2.05) is 0 Å². The SMILES string of the molecule is CCCNC(COCCC)C1(N(C)C)CCCC(C)C1. The van der Waals surface area contributed by atoms with Gasteiger partial charge in [0.15, 0.2) is 0 Å². The van der Waals surface area contributed by atoms with Crippen molar-refractivity contribution >= 4 is 0 Å². The molecule has 0 aliphatic heterocycles. The molecule has 20 heavy (non-hydrogen) atoms. The van der Waals surface area contributed by atoms with Crippen molar-refractivity contribution in [3.05, 3.63) is 0 Å². The third kappa shape index (κ3) is 4.71. The van der Waals surface area contributed by atoms with Crippen LogP contribution in [0.4, 0.5) is 0 Å². The second-order valence-electron chi connectivity index (χ2n) is 6.78. The van der Waals surface area contributed by atoms with Crippen LogP contribution in [0.15, 0.2) is 0 Å². The summed E-state index contributed by atoms with van der Waals surface area (Å²) in [7, 11) is 4.50. The van der Waals surface area contributed by atoms with Crippen molar-refractivity contribution in [2.75, 3.05) is 33.9 Å². The highest BCUT2D eigenvalue weighted by atomic mass is 16.5. The molecule has 0 saturated heterocycles. The van der Waals surface area contributed by atoms with E-state index in [2.05, 4.69) is 45.1 Å². The molecule has 0 spiro atoms. The van der Waals surface area contributed by atoms with E-state index in [1.54, 1.807) is 0 Å². The van der Waals surface area contributed by atoms with Crippen LogP contribution in [-0.2, 0) is 4.74 Å². The lowest BCUT2D eigenvalue weighted by atomic mass is 9.71. The molecule has 0 radical (unpaired) electrons. The maximum Gasteiger partial charge on any atom is 0.0637 e. The molecule has 1 aliphatic carbocycles. The van der Waals surface area contributed by atoms with E-state index >= 15 is 0 Å². The first-order valence-electron chi connectivity index (χ1n) is 8.55. The maximum atomic E-state index is 5.92. The van der Waals surface area contributed by atoms with Gasteiger partial charge in [-0.2, -0.15) is 0 Å². The standard InChI is InChI=1S/C17H36N2O/c1-6-11-18-16(14-20-12-7-2)17(19(4)5)10-8-9-15(3)13-17/h15-16,18H,6-14H2,1-5H3. The summed E-state index contributed by atoms with van der Waals surface area (Å²) in [4.78, 5) is 2.46. The molecule has 0 aromatic rings. The van der Waals surface area contributed by atoms with Crippen molar-refractivity contribution in [2.24, 2.45) is 5.92 Å². The average molecular weight is 284 g/mol. The molecule has 3 atom stereocenters. The number of nitrogens with one attached hydrogen (secondary N) is 1. The molecule has 1 rings (SSSR count). The molecule has 120 valence electrons. The predicted molar refractivity (Wildman–Crippen MR) is 87.2 cm³/mol. The first kappa shape index (κ1) is 17.9. The largest absolute Gasteiger partial charge is 0.380 e. The van der Waals surface area contributed by atoms with E-state index < -0.39 is 0 Å². The third-order valence-corrected chi connectivity index (χ3v) is 4.82. The van der Waals surface area contributed by atoms with E-state index in [1.165, 1.54) is 32.1 Å². The van der Waals surface area contributed by atoms with Gasteiger partial charge in [0.25, 0.3) is 0 Å². The van der Waals surface area contributed by atoms with Crippen LogP contribution < -0.4 is 5.32 Å². The molecule has 0 aromatic carbocycles. The van der Waals surface area contributed by atoms with Crippen molar-refractivity contribution in [3.63, 3.8) is 0 Å². The predicted octanol–water partition coefficient (Wildman–Crippen LogP) is 3.29. The summed E-state index contributed by atoms with van der Waals surface area (Å²) < 4.78 is 5.92. The zero-order chi connectivity index (χ0) is 15.0. The normalized spacial score (nSPS) is 28.8. The van der Waals surface area contributed by atoms with Crippen molar-refractivity contribution in [3.8, 4) is 0 Å². The molecule has 3 heteroatoms. The lowest BCUT2D eigenvalue weighted by Gasteiger charge is -2.50. The number of hydrogen-bond donors (Lipinski definition) is 1. The maximum absolute atomic E-state index is 5.92. The van der Waals surface area contributed by atoms with Crippen molar-refractivity contribution < 1.29 is 4.74 Å². The molecule has 0 bridgehead atoms. The lowest BCUT2D eigenvalue weighted by Crippen LogP contribution is -2.62. The van der Waals surface area contributed by atoms with E-state index in [0.717, 1.165) is 32.1 Å². The summed E-state index contributed by atoms with van der Waals surface area (Å²) in [6, 6.07) is 0.451. The van der Waals surface area contributed by atoms with Gasteiger partial charge in [0.2, 0.25) is 0 Å². The Kier molecular flexibility index (Phi) is 8.08. The molecule has 1 aliphatic rings. The molecular weight excluding hydrogens is 248 g/mol. The van der Waals surface area contributed by atoms with Crippen LogP contribution in [0.1, 0.15) is 59.3 Å². The Bertz CT molecular complexity index is 257. The van der Waals surface area contributed by atoms with Crippen molar-refractivity contribution in [2.45, 2.75) is 70.9 Å². The van der Waals surface area contributed by atoms with Crippen LogP contribution in [0, 0.1) is 5.92 Å². The second-order valence-corrected chi connectivity index (χ2v) is 6.78. The van der Waals surface area contributed by atoms with Gasteiger partial charge in [-0.05, 0) is 52.2 Å². The van der Waals surface area contributed by atoms with Gasteiger partial charge >= 0.3 is 0 Å². The molecular formula is C17H36N2O. The fraction of sp³-hybridized carbons (Fsp3) is 1.00. The summed E-state index contributed by atoms with van der Waals surface area (Å²) >= 11 is 0. The number of hydrogen-bond acceptors (Lipinski definition) is 3. The zero-order valence-corrected chi connectivity index (χ0v) is 14.4. The Morgan fingerprint density at radius 3 is 2.60 bits per heavy atom. The molecule has 1 N–H and O–H groups in total. The Morgan fingerprint density at radius 2 is 2.05 bits per heavy atom. The van der Waals surface area contributed by atoms with Crippen molar-refractivity contribution in [1.29, 1.82) is 0 Å². The fourth-order valence-electron chi connectivity index (χ4n) is 3.67. The van der Waals surface area contributed by atoms with Crippen LogP contribution in [0.5, 0.6) is 0 Å².